The zero-order chi connectivity index (χ0) is 35.1. The van der Waals surface area contributed by atoms with Gasteiger partial charge in [0.2, 0.25) is 0 Å². The lowest BCUT2D eigenvalue weighted by Crippen LogP contribution is -2.48. The molecule has 0 unspecified atom stereocenters. The molecule has 1 saturated carbocycles. The number of hydrogen-bond donors (Lipinski definition) is 1. The molecule has 2 aliphatic heterocycles. The summed E-state index contributed by atoms with van der Waals surface area (Å²) in [6.45, 7) is 4.47. The van der Waals surface area contributed by atoms with E-state index in [1.54, 1.807) is 0 Å². The number of carbonyl (C=O) groups is 1. The largest absolute Gasteiger partial charge is 0.573 e. The second-order valence-electron chi connectivity index (χ2n) is 13.2. The molecule has 1 N–H and O–H groups in total. The first kappa shape index (κ1) is 34.3. The standard InChI is InChI=1S/C37H36F6N4O3/c38-36(39,40)26-8-4-5-24(21-26)33-30(23-46-15-11-27(12-16-46)47-17-19-49-20-18-47)32(29-22-28(50-37(41,42)43)9-10-31(29)44-33)34(48)45-35(13-14-35)25-6-2-1-3-7-25/h1-10,21-22,27H,11-20,23H2,(H,45,48). The van der Waals surface area contributed by atoms with Gasteiger partial charge in [0, 0.05) is 42.2 Å². The zero-order valence-corrected chi connectivity index (χ0v) is 27.1. The molecule has 7 rings (SSSR count). The highest BCUT2D eigenvalue weighted by molar-refractivity contribution is 6.09. The summed E-state index contributed by atoms with van der Waals surface area (Å²) in [5, 5.41) is 3.27. The van der Waals surface area contributed by atoms with Crippen LogP contribution in [-0.2, 0) is 23.0 Å². The Morgan fingerprint density at radius 3 is 2.28 bits per heavy atom. The van der Waals surface area contributed by atoms with Crippen molar-refractivity contribution in [2.24, 2.45) is 0 Å². The van der Waals surface area contributed by atoms with E-state index < -0.39 is 35.3 Å². The molecule has 50 heavy (non-hydrogen) atoms. The number of nitrogens with zero attached hydrogens (tertiary/aromatic N) is 3. The third kappa shape index (κ3) is 7.45. The molecule has 1 amide bonds. The SMILES string of the molecule is O=C(NC1(c2ccccc2)CC1)c1c(CN2CCC(N3CCOCC3)CC2)c(-c2cccc(C(F)(F)F)c2)nc2ccc(OC(F)(F)F)cc12. The van der Waals surface area contributed by atoms with Gasteiger partial charge in [-0.05, 0) is 74.7 Å². The van der Waals surface area contributed by atoms with Gasteiger partial charge in [0.1, 0.15) is 5.75 Å². The number of hydrogen-bond acceptors (Lipinski definition) is 6. The van der Waals surface area contributed by atoms with Crippen molar-refractivity contribution in [3.8, 4) is 17.0 Å². The lowest BCUT2D eigenvalue weighted by atomic mass is 9.93. The normalized spacial score (nSPS) is 19.0. The van der Waals surface area contributed by atoms with E-state index >= 15 is 0 Å². The Kier molecular flexibility index (Phi) is 9.25. The van der Waals surface area contributed by atoms with Crippen molar-refractivity contribution < 1.29 is 40.6 Å². The lowest BCUT2D eigenvalue weighted by Gasteiger charge is -2.40. The van der Waals surface area contributed by atoms with Crippen molar-refractivity contribution in [3.05, 3.63) is 95.1 Å². The monoisotopic (exact) mass is 698 g/mol. The highest BCUT2D eigenvalue weighted by Gasteiger charge is 2.46. The smallest absolute Gasteiger partial charge is 0.406 e. The number of alkyl halides is 6. The average Bonchev–Trinajstić information content (AvgIpc) is 3.88. The van der Waals surface area contributed by atoms with E-state index in [4.69, 9.17) is 9.72 Å². The van der Waals surface area contributed by atoms with Crippen molar-refractivity contribution in [1.29, 1.82) is 0 Å². The topological polar surface area (TPSA) is 66.9 Å². The van der Waals surface area contributed by atoms with Gasteiger partial charge in [0.05, 0.1) is 41.1 Å². The predicted molar refractivity (Wildman–Crippen MR) is 174 cm³/mol. The summed E-state index contributed by atoms with van der Waals surface area (Å²) in [7, 11) is 0. The van der Waals surface area contributed by atoms with Crippen LogP contribution in [0.5, 0.6) is 5.75 Å². The molecule has 0 radical (unpaired) electrons. The van der Waals surface area contributed by atoms with E-state index in [1.807, 2.05) is 30.3 Å². The fourth-order valence-corrected chi connectivity index (χ4v) is 7.23. The minimum Gasteiger partial charge on any atom is -0.406 e. The van der Waals surface area contributed by atoms with Gasteiger partial charge < -0.3 is 14.8 Å². The maximum Gasteiger partial charge on any atom is 0.573 e. The van der Waals surface area contributed by atoms with Crippen LogP contribution in [0, 0.1) is 0 Å². The molecule has 2 saturated heterocycles. The van der Waals surface area contributed by atoms with Crippen molar-refractivity contribution in [3.63, 3.8) is 0 Å². The Morgan fingerprint density at radius 2 is 1.62 bits per heavy atom. The first-order chi connectivity index (χ1) is 23.9. The van der Waals surface area contributed by atoms with E-state index in [1.165, 1.54) is 18.2 Å². The van der Waals surface area contributed by atoms with Gasteiger partial charge in [-0.2, -0.15) is 13.2 Å². The fourth-order valence-electron chi connectivity index (χ4n) is 7.23. The van der Waals surface area contributed by atoms with Crippen LogP contribution in [-0.4, -0.2) is 72.5 Å². The second kappa shape index (κ2) is 13.5. The minimum atomic E-state index is -4.99. The summed E-state index contributed by atoms with van der Waals surface area (Å²) >= 11 is 0. The maximum atomic E-state index is 14.6. The number of fused-ring (bicyclic) bond motifs is 1. The molecule has 7 nitrogen and oxygen atoms in total. The summed E-state index contributed by atoms with van der Waals surface area (Å²) in [5.41, 5.74) is 0.189. The summed E-state index contributed by atoms with van der Waals surface area (Å²) in [5.74, 6) is -1.08. The maximum absolute atomic E-state index is 14.6. The van der Waals surface area contributed by atoms with Crippen LogP contribution in [0.25, 0.3) is 22.2 Å². The van der Waals surface area contributed by atoms with Crippen molar-refractivity contribution in [2.75, 3.05) is 39.4 Å². The fraction of sp³-hybridized carbons (Fsp3) is 0.405. The van der Waals surface area contributed by atoms with Gasteiger partial charge in [-0.1, -0.05) is 42.5 Å². The number of likely N-dealkylation sites (tertiary alicyclic amines) is 1. The second-order valence-corrected chi connectivity index (χ2v) is 13.2. The van der Waals surface area contributed by atoms with Gasteiger partial charge in [-0.25, -0.2) is 4.98 Å². The Balaban J connectivity index is 1.35. The van der Waals surface area contributed by atoms with Crippen LogP contribution >= 0.6 is 0 Å². The van der Waals surface area contributed by atoms with E-state index in [2.05, 4.69) is 19.9 Å². The zero-order valence-electron chi connectivity index (χ0n) is 27.1. The summed E-state index contributed by atoms with van der Waals surface area (Å²) in [6.07, 6.45) is -6.64. The molecule has 0 atom stereocenters. The number of benzene rings is 3. The predicted octanol–water partition coefficient (Wildman–Crippen LogP) is 7.53. The number of aromatic nitrogens is 1. The van der Waals surface area contributed by atoms with Crippen LogP contribution in [0.2, 0.25) is 0 Å². The van der Waals surface area contributed by atoms with E-state index in [0.717, 1.165) is 55.8 Å². The molecule has 264 valence electrons. The van der Waals surface area contributed by atoms with Gasteiger partial charge in [0.15, 0.2) is 0 Å². The lowest BCUT2D eigenvalue weighted by molar-refractivity contribution is -0.274. The van der Waals surface area contributed by atoms with Crippen molar-refractivity contribution >= 4 is 16.8 Å². The number of rotatable bonds is 8. The van der Waals surface area contributed by atoms with E-state index in [0.29, 0.717) is 50.8 Å². The number of pyridine rings is 1. The Labute approximate surface area is 285 Å². The molecule has 1 aliphatic carbocycles. The number of carbonyl (C=O) groups excluding carboxylic acids is 1. The van der Waals surface area contributed by atoms with Crippen LogP contribution in [0.15, 0.2) is 72.8 Å². The molecule has 0 spiro atoms. The molecule has 13 heteroatoms. The average molecular weight is 699 g/mol. The molecule has 3 fully saturated rings. The third-order valence-corrected chi connectivity index (χ3v) is 9.91. The molecule has 3 aliphatic rings. The number of ether oxygens (including phenoxy) is 2. The van der Waals surface area contributed by atoms with Gasteiger partial charge in [0.25, 0.3) is 5.91 Å². The highest BCUT2D eigenvalue weighted by atomic mass is 19.4. The summed E-state index contributed by atoms with van der Waals surface area (Å²) in [4.78, 5) is 23.9. The number of nitrogens with one attached hydrogen (secondary N) is 1. The minimum absolute atomic E-state index is 0.0625. The highest BCUT2D eigenvalue weighted by Crippen LogP contribution is 2.46. The Hall–Kier alpha value is -4.20. The van der Waals surface area contributed by atoms with Gasteiger partial charge in [-0.15, -0.1) is 13.2 Å². The third-order valence-electron chi connectivity index (χ3n) is 9.91. The molecule has 3 heterocycles. The van der Waals surface area contributed by atoms with Crippen molar-refractivity contribution in [1.82, 2.24) is 20.1 Å². The summed E-state index contributed by atoms with van der Waals surface area (Å²) < 4.78 is 91.6. The Morgan fingerprint density at radius 1 is 0.900 bits per heavy atom. The van der Waals surface area contributed by atoms with Crippen LogP contribution in [0.4, 0.5) is 26.3 Å². The van der Waals surface area contributed by atoms with Crippen LogP contribution < -0.4 is 10.1 Å². The first-order valence-electron chi connectivity index (χ1n) is 16.7. The molecular formula is C37H36F6N4O3. The first-order valence-corrected chi connectivity index (χ1v) is 16.7. The molecule has 0 bridgehead atoms. The number of piperidine rings is 1. The van der Waals surface area contributed by atoms with Crippen molar-refractivity contribution in [2.45, 2.75) is 56.3 Å². The molecular weight excluding hydrogens is 662 g/mol. The number of morpholine rings is 1. The van der Waals surface area contributed by atoms with Crippen LogP contribution in [0.1, 0.15) is 52.7 Å². The molecule has 1 aromatic heterocycles. The number of amides is 1. The van der Waals surface area contributed by atoms with E-state index in [9.17, 15) is 31.1 Å². The van der Waals surface area contributed by atoms with Gasteiger partial charge in [-0.3, -0.25) is 14.6 Å². The summed E-state index contributed by atoms with van der Waals surface area (Å²) in [6, 6.07) is 18.0. The van der Waals surface area contributed by atoms with Crippen LogP contribution in [0.3, 0.4) is 0 Å². The Bertz CT molecular complexity index is 1850. The quantitative estimate of drug-likeness (QED) is 0.192. The molecule has 4 aromatic rings. The molecule has 3 aromatic carbocycles. The van der Waals surface area contributed by atoms with Gasteiger partial charge >= 0.3 is 12.5 Å². The number of halogens is 6. The van der Waals surface area contributed by atoms with E-state index in [-0.39, 0.29) is 34.3 Å².